The molecule has 1 aliphatic heterocycles. The second-order valence-electron chi connectivity index (χ2n) is 4.95. The van der Waals surface area contributed by atoms with E-state index in [1.807, 2.05) is 22.9 Å². The number of methoxy groups -OCH3 is 1. The summed E-state index contributed by atoms with van der Waals surface area (Å²) in [6.07, 6.45) is 0. The Morgan fingerprint density at radius 1 is 1.52 bits per heavy atom. The monoisotopic (exact) mass is 349 g/mol. The molecule has 0 saturated carbocycles. The molecule has 1 atom stereocenters. The highest BCUT2D eigenvalue weighted by Crippen LogP contribution is 2.32. The van der Waals surface area contributed by atoms with Gasteiger partial charge in [-0.3, -0.25) is 4.90 Å². The van der Waals surface area contributed by atoms with E-state index in [1.165, 1.54) is 18.4 Å². The van der Waals surface area contributed by atoms with Crippen LogP contribution in [0.5, 0.6) is 0 Å². The number of ether oxygens (including phenoxy) is 1. The number of amides is 2. The van der Waals surface area contributed by atoms with Gasteiger partial charge in [-0.2, -0.15) is 0 Å². The molecule has 1 aliphatic rings. The van der Waals surface area contributed by atoms with Gasteiger partial charge >= 0.3 is 12.0 Å². The first kappa shape index (κ1) is 15.7. The maximum atomic E-state index is 12.5. The van der Waals surface area contributed by atoms with E-state index in [-0.39, 0.29) is 6.03 Å². The first-order valence-corrected chi connectivity index (χ1v) is 8.71. The third-order valence-corrected chi connectivity index (χ3v) is 5.11. The Balaban J connectivity index is 2.01. The summed E-state index contributed by atoms with van der Waals surface area (Å²) < 4.78 is 4.91. The molecule has 0 bridgehead atoms. The van der Waals surface area contributed by atoms with Gasteiger partial charge in [0.1, 0.15) is 6.04 Å². The van der Waals surface area contributed by atoms with Crippen LogP contribution in [0.3, 0.4) is 0 Å². The van der Waals surface area contributed by atoms with Crippen molar-refractivity contribution >= 4 is 34.7 Å². The average molecular weight is 349 g/mol. The fourth-order valence-corrected chi connectivity index (χ4v) is 3.76. The number of carbonyl (C=O) groups excluding carboxylic acids is 2. The molecule has 3 rings (SSSR count). The van der Waals surface area contributed by atoms with Gasteiger partial charge in [0.2, 0.25) is 0 Å². The van der Waals surface area contributed by atoms with Crippen LogP contribution in [-0.4, -0.2) is 29.0 Å². The average Bonchev–Trinajstić information content (AvgIpc) is 3.23. The molecule has 2 aromatic rings. The van der Waals surface area contributed by atoms with E-state index in [0.717, 1.165) is 4.88 Å². The van der Waals surface area contributed by atoms with Gasteiger partial charge in [-0.15, -0.1) is 22.7 Å². The van der Waals surface area contributed by atoms with Crippen LogP contribution < -0.4 is 5.32 Å². The summed E-state index contributed by atoms with van der Waals surface area (Å²) in [5, 5.41) is 6.62. The van der Waals surface area contributed by atoms with Crippen LogP contribution in [0.1, 0.15) is 23.5 Å². The number of thiazole rings is 1. The van der Waals surface area contributed by atoms with Crippen molar-refractivity contribution in [2.75, 3.05) is 7.11 Å². The molecule has 8 heteroatoms. The Morgan fingerprint density at radius 3 is 2.96 bits per heavy atom. The highest BCUT2D eigenvalue weighted by Gasteiger charge is 2.37. The lowest BCUT2D eigenvalue weighted by Gasteiger charge is -2.34. The van der Waals surface area contributed by atoms with E-state index in [9.17, 15) is 9.59 Å². The zero-order chi connectivity index (χ0) is 16.4. The van der Waals surface area contributed by atoms with Crippen LogP contribution in [0.2, 0.25) is 0 Å². The highest BCUT2D eigenvalue weighted by molar-refractivity contribution is 7.09. The van der Waals surface area contributed by atoms with Gasteiger partial charge in [0.25, 0.3) is 0 Å². The van der Waals surface area contributed by atoms with Crippen molar-refractivity contribution in [1.82, 2.24) is 15.2 Å². The van der Waals surface area contributed by atoms with E-state index in [4.69, 9.17) is 4.74 Å². The van der Waals surface area contributed by atoms with Crippen LogP contribution in [0.4, 0.5) is 4.79 Å². The molecule has 0 saturated heterocycles. The summed E-state index contributed by atoms with van der Waals surface area (Å²) in [4.78, 5) is 31.6. The van der Waals surface area contributed by atoms with Crippen molar-refractivity contribution in [2.24, 2.45) is 0 Å². The van der Waals surface area contributed by atoms with Crippen molar-refractivity contribution in [3.05, 3.63) is 50.2 Å². The van der Waals surface area contributed by atoms with E-state index in [0.29, 0.717) is 23.5 Å². The Labute approximate surface area is 141 Å². The maximum absolute atomic E-state index is 12.5. The normalized spacial score (nSPS) is 18.1. The fourth-order valence-electron chi connectivity index (χ4n) is 2.49. The lowest BCUT2D eigenvalue weighted by molar-refractivity contribution is -0.136. The predicted molar refractivity (Wildman–Crippen MR) is 88.0 cm³/mol. The van der Waals surface area contributed by atoms with Crippen LogP contribution in [0.15, 0.2) is 39.7 Å². The maximum Gasteiger partial charge on any atom is 0.338 e. The molecule has 120 valence electrons. The van der Waals surface area contributed by atoms with Crippen molar-refractivity contribution in [3.8, 4) is 0 Å². The summed E-state index contributed by atoms with van der Waals surface area (Å²) in [7, 11) is 1.33. The minimum atomic E-state index is -0.583. The fraction of sp³-hybridized carbons (Fsp3) is 0.267. The predicted octanol–water partition coefficient (Wildman–Crippen LogP) is 2.92. The molecule has 1 N–H and O–H groups in total. The number of allylic oxidation sites excluding steroid dienone is 1. The largest absolute Gasteiger partial charge is 0.466 e. The van der Waals surface area contributed by atoms with E-state index in [2.05, 4.69) is 10.3 Å². The number of thiophene rings is 1. The summed E-state index contributed by atoms with van der Waals surface area (Å²) in [6, 6.07) is 3.05. The standard InChI is InChI=1S/C15H15N3O3S2/c1-9-12(14(19)21-2)13(11-7-22-8-16-11)17-15(20)18(9)6-10-4-3-5-23-10/h3-5,7-8,13H,6H2,1-2H3,(H,17,20). The number of esters is 1. The first-order chi connectivity index (χ1) is 11.1. The second-order valence-corrected chi connectivity index (χ2v) is 6.70. The number of aromatic nitrogens is 1. The Hall–Kier alpha value is -2.19. The van der Waals surface area contributed by atoms with Crippen LogP contribution in [0.25, 0.3) is 0 Å². The molecule has 2 amide bonds. The second kappa shape index (κ2) is 6.51. The number of nitrogens with one attached hydrogen (secondary N) is 1. The first-order valence-electron chi connectivity index (χ1n) is 6.89. The van der Waals surface area contributed by atoms with Gasteiger partial charge in [0, 0.05) is 16.0 Å². The van der Waals surface area contributed by atoms with E-state index in [1.54, 1.807) is 28.7 Å². The Kier molecular flexibility index (Phi) is 4.44. The van der Waals surface area contributed by atoms with Gasteiger partial charge in [-0.25, -0.2) is 14.6 Å². The van der Waals surface area contributed by atoms with Crippen molar-refractivity contribution < 1.29 is 14.3 Å². The summed E-state index contributed by atoms with van der Waals surface area (Å²) in [5.41, 5.74) is 3.31. The molecule has 1 unspecified atom stereocenters. The summed E-state index contributed by atoms with van der Waals surface area (Å²) >= 11 is 2.98. The van der Waals surface area contributed by atoms with Gasteiger partial charge in [-0.1, -0.05) is 6.07 Å². The molecule has 0 fully saturated rings. The molecular weight excluding hydrogens is 334 g/mol. The number of urea groups is 1. The smallest absolute Gasteiger partial charge is 0.338 e. The molecule has 6 nitrogen and oxygen atoms in total. The highest BCUT2D eigenvalue weighted by atomic mass is 32.1. The number of rotatable bonds is 4. The van der Waals surface area contributed by atoms with E-state index < -0.39 is 12.0 Å². The summed E-state index contributed by atoms with van der Waals surface area (Å²) in [5.74, 6) is -0.461. The number of hydrogen-bond donors (Lipinski definition) is 1. The minimum absolute atomic E-state index is 0.249. The van der Waals surface area contributed by atoms with E-state index >= 15 is 0 Å². The zero-order valence-corrected chi connectivity index (χ0v) is 14.2. The van der Waals surface area contributed by atoms with Gasteiger partial charge in [0.15, 0.2) is 0 Å². The molecule has 0 spiro atoms. The Morgan fingerprint density at radius 2 is 2.35 bits per heavy atom. The molecule has 0 aromatic carbocycles. The lowest BCUT2D eigenvalue weighted by atomic mass is 9.99. The number of hydrogen-bond acceptors (Lipinski definition) is 6. The van der Waals surface area contributed by atoms with Gasteiger partial charge in [0.05, 0.1) is 30.4 Å². The van der Waals surface area contributed by atoms with Crippen LogP contribution in [0, 0.1) is 0 Å². The molecule has 2 aromatic heterocycles. The van der Waals surface area contributed by atoms with Gasteiger partial charge < -0.3 is 10.1 Å². The minimum Gasteiger partial charge on any atom is -0.466 e. The molecule has 3 heterocycles. The Bertz CT molecular complexity index is 738. The SMILES string of the molecule is COC(=O)C1=C(C)N(Cc2cccs2)C(=O)NC1c1cscn1. The third-order valence-electron chi connectivity index (χ3n) is 3.64. The molecule has 0 radical (unpaired) electrons. The third kappa shape index (κ3) is 2.99. The van der Waals surface area contributed by atoms with Crippen molar-refractivity contribution in [3.63, 3.8) is 0 Å². The van der Waals surface area contributed by atoms with Gasteiger partial charge in [-0.05, 0) is 18.4 Å². The topological polar surface area (TPSA) is 71.5 Å². The number of carbonyl (C=O) groups is 2. The summed E-state index contributed by atoms with van der Waals surface area (Å²) in [6.45, 7) is 2.18. The lowest BCUT2D eigenvalue weighted by Crippen LogP contribution is -2.47. The van der Waals surface area contributed by atoms with Crippen LogP contribution in [-0.2, 0) is 16.1 Å². The molecular formula is C15H15N3O3S2. The van der Waals surface area contributed by atoms with Crippen molar-refractivity contribution in [1.29, 1.82) is 0 Å². The molecule has 0 aliphatic carbocycles. The van der Waals surface area contributed by atoms with Crippen molar-refractivity contribution in [2.45, 2.75) is 19.5 Å². The van der Waals surface area contributed by atoms with Crippen LogP contribution >= 0.6 is 22.7 Å². The molecule has 23 heavy (non-hydrogen) atoms. The quantitative estimate of drug-likeness (QED) is 0.862. The number of nitrogens with zero attached hydrogens (tertiary/aromatic N) is 2. The zero-order valence-electron chi connectivity index (χ0n) is 12.6.